The van der Waals surface area contributed by atoms with E-state index in [4.69, 9.17) is 21.1 Å². The number of nitrogens with zero attached hydrogens (tertiary/aromatic N) is 2. The van der Waals surface area contributed by atoms with Crippen LogP contribution in [0.4, 0.5) is 5.82 Å². The Balaban J connectivity index is 2.05. The average molecular weight is 272 g/mol. The van der Waals surface area contributed by atoms with Gasteiger partial charge in [0.15, 0.2) is 5.82 Å². The number of hydrogen-bond donors (Lipinski definition) is 1. The summed E-state index contributed by atoms with van der Waals surface area (Å²) in [4.78, 5) is 8.50. The van der Waals surface area contributed by atoms with Crippen LogP contribution < -0.4 is 5.32 Å². The lowest BCUT2D eigenvalue weighted by Crippen LogP contribution is -2.27. The molecule has 18 heavy (non-hydrogen) atoms. The second kappa shape index (κ2) is 6.31. The van der Waals surface area contributed by atoms with E-state index in [1.165, 1.54) is 0 Å². The molecule has 0 saturated carbocycles. The molecule has 6 heteroatoms. The molecule has 2 atom stereocenters. The van der Waals surface area contributed by atoms with Crippen LogP contribution >= 0.6 is 11.6 Å². The molecule has 0 amide bonds. The van der Waals surface area contributed by atoms with Gasteiger partial charge in [0.1, 0.15) is 17.6 Å². The Kier molecular flexibility index (Phi) is 4.74. The average Bonchev–Trinajstić information content (AvgIpc) is 2.72. The number of ether oxygens (including phenoxy) is 2. The minimum Gasteiger partial charge on any atom is -0.376 e. The molecule has 1 aliphatic heterocycles. The second-order valence-electron chi connectivity index (χ2n) is 4.24. The lowest BCUT2D eigenvalue weighted by atomic mass is 10.1. The van der Waals surface area contributed by atoms with Gasteiger partial charge in [-0.3, -0.25) is 0 Å². The fourth-order valence-electron chi connectivity index (χ4n) is 1.91. The van der Waals surface area contributed by atoms with Crippen molar-refractivity contribution in [1.82, 2.24) is 9.97 Å². The van der Waals surface area contributed by atoms with Crippen molar-refractivity contribution in [2.45, 2.75) is 39.0 Å². The topological polar surface area (TPSA) is 56.3 Å². The Hall–Kier alpha value is -0.910. The van der Waals surface area contributed by atoms with Crippen molar-refractivity contribution in [2.24, 2.45) is 0 Å². The molecule has 0 radical (unpaired) electrons. The summed E-state index contributed by atoms with van der Waals surface area (Å²) in [6, 6.07) is 2.00. The summed E-state index contributed by atoms with van der Waals surface area (Å²) in [6.45, 7) is 5.77. The SMILES string of the molecule is CCOCc1nc(Cl)cc(NC2CCOC2C)n1. The maximum absolute atomic E-state index is 5.97. The fraction of sp³-hybridized carbons (Fsp3) is 0.667. The largest absolute Gasteiger partial charge is 0.376 e. The standard InChI is InChI=1S/C12H18ClN3O2/c1-3-17-7-12-15-10(13)6-11(16-12)14-9-4-5-18-8(9)2/h6,8-9H,3-5,7H2,1-2H3,(H,14,15,16). The van der Waals surface area contributed by atoms with Gasteiger partial charge in [0.25, 0.3) is 0 Å². The summed E-state index contributed by atoms with van der Waals surface area (Å²) in [7, 11) is 0. The van der Waals surface area contributed by atoms with E-state index in [2.05, 4.69) is 22.2 Å². The van der Waals surface area contributed by atoms with Gasteiger partial charge in [-0.15, -0.1) is 0 Å². The lowest BCUT2D eigenvalue weighted by Gasteiger charge is -2.17. The molecular weight excluding hydrogens is 254 g/mol. The summed E-state index contributed by atoms with van der Waals surface area (Å²) >= 11 is 5.97. The predicted molar refractivity (Wildman–Crippen MR) is 69.8 cm³/mol. The molecule has 5 nitrogen and oxygen atoms in total. The number of rotatable bonds is 5. The number of nitrogens with one attached hydrogen (secondary N) is 1. The van der Waals surface area contributed by atoms with Crippen LogP contribution in [0.5, 0.6) is 0 Å². The maximum atomic E-state index is 5.97. The molecule has 2 rings (SSSR count). The summed E-state index contributed by atoms with van der Waals surface area (Å²) in [5, 5.41) is 3.76. The van der Waals surface area contributed by atoms with Crippen molar-refractivity contribution in [3.05, 3.63) is 17.0 Å². The molecule has 1 aliphatic rings. The van der Waals surface area contributed by atoms with Gasteiger partial charge in [-0.2, -0.15) is 0 Å². The van der Waals surface area contributed by atoms with E-state index in [-0.39, 0.29) is 12.1 Å². The van der Waals surface area contributed by atoms with E-state index in [0.29, 0.717) is 24.2 Å². The fourth-order valence-corrected chi connectivity index (χ4v) is 2.11. The molecule has 2 unspecified atom stereocenters. The van der Waals surface area contributed by atoms with Crippen molar-refractivity contribution < 1.29 is 9.47 Å². The quantitative estimate of drug-likeness (QED) is 0.833. The molecule has 1 aromatic rings. The van der Waals surface area contributed by atoms with E-state index in [0.717, 1.165) is 18.8 Å². The third kappa shape index (κ3) is 3.54. The number of hydrogen-bond acceptors (Lipinski definition) is 5. The Morgan fingerprint density at radius 2 is 2.39 bits per heavy atom. The first-order valence-electron chi connectivity index (χ1n) is 6.18. The summed E-state index contributed by atoms with van der Waals surface area (Å²) < 4.78 is 10.8. The van der Waals surface area contributed by atoms with Gasteiger partial charge in [0.2, 0.25) is 0 Å². The zero-order chi connectivity index (χ0) is 13.0. The van der Waals surface area contributed by atoms with Crippen LogP contribution in [0, 0.1) is 0 Å². The van der Waals surface area contributed by atoms with Crippen LogP contribution in [0.2, 0.25) is 5.15 Å². The normalized spacial score (nSPS) is 23.3. The first-order valence-corrected chi connectivity index (χ1v) is 6.56. The van der Waals surface area contributed by atoms with Crippen LogP contribution in [-0.4, -0.2) is 35.3 Å². The van der Waals surface area contributed by atoms with Crippen LogP contribution in [-0.2, 0) is 16.1 Å². The van der Waals surface area contributed by atoms with Crippen LogP contribution in [0.1, 0.15) is 26.1 Å². The molecule has 1 fully saturated rings. The summed E-state index contributed by atoms with van der Waals surface area (Å²) in [5.74, 6) is 1.32. The molecule has 1 saturated heterocycles. The van der Waals surface area contributed by atoms with Gasteiger partial charge in [-0.25, -0.2) is 9.97 Å². The van der Waals surface area contributed by atoms with E-state index in [1.807, 2.05) is 6.92 Å². The first-order chi connectivity index (χ1) is 8.69. The highest BCUT2D eigenvalue weighted by Gasteiger charge is 2.24. The van der Waals surface area contributed by atoms with E-state index in [1.54, 1.807) is 6.07 Å². The Labute approximate surface area is 112 Å². The second-order valence-corrected chi connectivity index (χ2v) is 4.63. The Bertz CT molecular complexity index is 403. The molecule has 0 aromatic carbocycles. The van der Waals surface area contributed by atoms with Gasteiger partial charge in [0.05, 0.1) is 12.1 Å². The number of anilines is 1. The molecule has 0 bridgehead atoms. The van der Waals surface area contributed by atoms with E-state index in [9.17, 15) is 0 Å². The highest BCUT2D eigenvalue weighted by Crippen LogP contribution is 2.19. The van der Waals surface area contributed by atoms with Crippen molar-refractivity contribution in [3.63, 3.8) is 0 Å². The van der Waals surface area contributed by atoms with Gasteiger partial charge in [0, 0.05) is 19.3 Å². The van der Waals surface area contributed by atoms with Crippen molar-refractivity contribution in [1.29, 1.82) is 0 Å². The Morgan fingerprint density at radius 3 is 3.06 bits per heavy atom. The van der Waals surface area contributed by atoms with E-state index < -0.39 is 0 Å². The minimum absolute atomic E-state index is 0.189. The van der Waals surface area contributed by atoms with Gasteiger partial charge < -0.3 is 14.8 Å². The zero-order valence-corrected chi connectivity index (χ0v) is 11.4. The highest BCUT2D eigenvalue weighted by atomic mass is 35.5. The molecule has 100 valence electrons. The highest BCUT2D eigenvalue weighted by molar-refractivity contribution is 6.29. The first kappa shape index (κ1) is 13.5. The van der Waals surface area contributed by atoms with Crippen LogP contribution in [0.15, 0.2) is 6.07 Å². The molecule has 2 heterocycles. The van der Waals surface area contributed by atoms with Crippen LogP contribution in [0.3, 0.4) is 0 Å². The smallest absolute Gasteiger partial charge is 0.158 e. The van der Waals surface area contributed by atoms with E-state index >= 15 is 0 Å². The zero-order valence-electron chi connectivity index (χ0n) is 10.6. The van der Waals surface area contributed by atoms with Crippen molar-refractivity contribution >= 4 is 17.4 Å². The molecule has 0 aliphatic carbocycles. The van der Waals surface area contributed by atoms with Gasteiger partial charge in [-0.05, 0) is 20.3 Å². The number of halogens is 1. The monoisotopic (exact) mass is 271 g/mol. The predicted octanol–water partition coefficient (Wildman–Crippen LogP) is 2.26. The minimum atomic E-state index is 0.189. The van der Waals surface area contributed by atoms with Gasteiger partial charge in [-0.1, -0.05) is 11.6 Å². The van der Waals surface area contributed by atoms with Crippen LogP contribution in [0.25, 0.3) is 0 Å². The molecule has 0 spiro atoms. The lowest BCUT2D eigenvalue weighted by molar-refractivity contribution is 0.121. The Morgan fingerprint density at radius 1 is 1.56 bits per heavy atom. The maximum Gasteiger partial charge on any atom is 0.158 e. The molecule has 1 aromatic heterocycles. The summed E-state index contributed by atoms with van der Waals surface area (Å²) in [5.41, 5.74) is 0. The third-order valence-corrected chi connectivity index (χ3v) is 3.08. The third-order valence-electron chi connectivity index (χ3n) is 2.89. The van der Waals surface area contributed by atoms with Crippen molar-refractivity contribution in [2.75, 3.05) is 18.5 Å². The molecular formula is C12H18ClN3O2. The van der Waals surface area contributed by atoms with Crippen molar-refractivity contribution in [3.8, 4) is 0 Å². The summed E-state index contributed by atoms with van der Waals surface area (Å²) in [6.07, 6.45) is 1.16. The number of aromatic nitrogens is 2. The molecule has 1 N–H and O–H groups in total. The van der Waals surface area contributed by atoms with Gasteiger partial charge >= 0.3 is 0 Å².